The molecule has 1 rings (SSSR count). The Bertz CT molecular complexity index is 390. The van der Waals surface area contributed by atoms with E-state index in [-0.39, 0.29) is 21.6 Å². The van der Waals surface area contributed by atoms with E-state index in [4.69, 9.17) is 16.9 Å². The summed E-state index contributed by atoms with van der Waals surface area (Å²) in [5, 5.41) is 8.68. The highest BCUT2D eigenvalue weighted by atomic mass is 79.9. The maximum Gasteiger partial charge on any atom is 0.266 e. The lowest BCUT2D eigenvalue weighted by molar-refractivity contribution is 0.149. The van der Waals surface area contributed by atoms with Gasteiger partial charge >= 0.3 is 0 Å². The molecule has 0 aliphatic heterocycles. The monoisotopic (exact) mass is 280 g/mol. The van der Waals surface area contributed by atoms with Crippen LogP contribution in [0.5, 0.6) is 0 Å². The van der Waals surface area contributed by atoms with Gasteiger partial charge in [-0.25, -0.2) is 8.78 Å². The summed E-state index contributed by atoms with van der Waals surface area (Å²) in [6, 6.07) is 1.69. The summed E-state index contributed by atoms with van der Waals surface area (Å²) < 4.78 is 25.4. The Morgan fingerprint density at radius 2 is 2.29 bits per heavy atom. The Hall–Kier alpha value is -0.730. The average molecular weight is 281 g/mol. The third kappa shape index (κ3) is 2.02. The van der Waals surface area contributed by atoms with Crippen molar-refractivity contribution in [2.75, 3.05) is 0 Å². The van der Waals surface area contributed by atoms with E-state index < -0.39 is 12.0 Å². The molecule has 14 heavy (non-hydrogen) atoms. The highest BCUT2D eigenvalue weighted by Crippen LogP contribution is 2.30. The summed E-state index contributed by atoms with van der Waals surface area (Å²) in [6.07, 6.45) is -1.45. The molecule has 0 N–H and O–H groups in total. The fraction of sp³-hybridized carbons (Fsp3) is 0.250. The van der Waals surface area contributed by atoms with E-state index in [1.54, 1.807) is 6.07 Å². The van der Waals surface area contributed by atoms with Crippen LogP contribution in [0.15, 0.2) is 10.7 Å². The molecule has 74 valence electrons. The van der Waals surface area contributed by atoms with Crippen LogP contribution in [-0.4, -0.2) is 4.98 Å². The predicted molar refractivity (Wildman–Crippen MR) is 51.2 cm³/mol. The molecule has 0 aromatic carbocycles. The second-order valence-corrected chi connectivity index (χ2v) is 3.51. The van der Waals surface area contributed by atoms with Crippen LogP contribution in [0, 0.1) is 11.3 Å². The molecule has 0 aliphatic rings. The van der Waals surface area contributed by atoms with Gasteiger partial charge < -0.3 is 0 Å². The van der Waals surface area contributed by atoms with Crippen molar-refractivity contribution in [2.24, 2.45) is 0 Å². The third-order valence-corrected chi connectivity index (χ3v) is 2.46. The van der Waals surface area contributed by atoms with Gasteiger partial charge in [0.05, 0.1) is 27.2 Å². The second kappa shape index (κ2) is 4.67. The van der Waals surface area contributed by atoms with E-state index in [2.05, 4.69) is 20.9 Å². The zero-order valence-electron chi connectivity index (χ0n) is 6.77. The van der Waals surface area contributed by atoms with Crippen molar-refractivity contribution in [3.8, 4) is 6.07 Å². The quantitative estimate of drug-likeness (QED) is 0.779. The van der Waals surface area contributed by atoms with Gasteiger partial charge in [-0.1, -0.05) is 0 Å². The van der Waals surface area contributed by atoms with Gasteiger partial charge in [-0.05, 0) is 15.9 Å². The number of nitriles is 1. The lowest BCUT2D eigenvalue weighted by Gasteiger charge is -2.08. The molecule has 0 atom stereocenters. The molecule has 0 spiro atoms. The Labute approximate surface area is 92.6 Å². The maximum atomic E-state index is 12.6. The molecule has 0 amide bonds. The highest BCUT2D eigenvalue weighted by molar-refractivity contribution is 9.10. The standard InChI is InChI=1S/C8H4BrClF2N2/c9-5-3-14-6(1-10)7(8(11)12)4(5)2-13/h3,8H,1H2. The van der Waals surface area contributed by atoms with Gasteiger partial charge in [0.15, 0.2) is 0 Å². The Morgan fingerprint density at radius 3 is 2.71 bits per heavy atom. The van der Waals surface area contributed by atoms with Crippen LogP contribution >= 0.6 is 27.5 Å². The Morgan fingerprint density at radius 1 is 1.64 bits per heavy atom. The molecule has 1 aromatic heterocycles. The van der Waals surface area contributed by atoms with Crippen molar-refractivity contribution in [2.45, 2.75) is 12.3 Å². The number of hydrogen-bond acceptors (Lipinski definition) is 2. The van der Waals surface area contributed by atoms with Crippen LogP contribution in [0.2, 0.25) is 0 Å². The fourth-order valence-corrected chi connectivity index (χ4v) is 1.61. The van der Waals surface area contributed by atoms with Gasteiger partial charge in [0, 0.05) is 6.20 Å². The van der Waals surface area contributed by atoms with Gasteiger partial charge in [0.1, 0.15) is 6.07 Å². The maximum absolute atomic E-state index is 12.6. The third-order valence-electron chi connectivity index (χ3n) is 1.61. The van der Waals surface area contributed by atoms with Crippen molar-refractivity contribution in [1.82, 2.24) is 4.98 Å². The van der Waals surface area contributed by atoms with E-state index >= 15 is 0 Å². The predicted octanol–water partition coefficient (Wildman–Crippen LogP) is 3.39. The molecule has 0 aliphatic carbocycles. The topological polar surface area (TPSA) is 36.7 Å². The highest BCUT2D eigenvalue weighted by Gasteiger charge is 2.20. The summed E-state index contributed by atoms with van der Waals surface area (Å²) in [6.45, 7) is 0. The molecule has 1 heterocycles. The molecule has 2 nitrogen and oxygen atoms in total. The average Bonchev–Trinajstić information content (AvgIpc) is 2.17. The van der Waals surface area contributed by atoms with Gasteiger partial charge in [-0.15, -0.1) is 11.6 Å². The van der Waals surface area contributed by atoms with Crippen molar-refractivity contribution in [3.05, 3.63) is 27.5 Å². The largest absolute Gasteiger partial charge is 0.266 e. The molecule has 6 heteroatoms. The molecular formula is C8H4BrClF2N2. The molecule has 0 radical (unpaired) electrons. The lowest BCUT2D eigenvalue weighted by atomic mass is 10.1. The van der Waals surface area contributed by atoms with Gasteiger partial charge in [0.25, 0.3) is 6.43 Å². The molecule has 0 saturated heterocycles. The zero-order valence-corrected chi connectivity index (χ0v) is 9.11. The molecule has 0 fully saturated rings. The minimum absolute atomic E-state index is 0.0430. The first-order valence-corrected chi connectivity index (χ1v) is 4.86. The first-order valence-electron chi connectivity index (χ1n) is 3.53. The normalized spacial score (nSPS) is 10.3. The van der Waals surface area contributed by atoms with E-state index in [1.165, 1.54) is 6.20 Å². The van der Waals surface area contributed by atoms with E-state index in [1.807, 2.05) is 0 Å². The molecule has 1 aromatic rings. The minimum atomic E-state index is -2.75. The summed E-state index contributed by atoms with van der Waals surface area (Å²) in [4.78, 5) is 3.72. The van der Waals surface area contributed by atoms with E-state index in [0.717, 1.165) is 0 Å². The Balaban J connectivity index is 3.46. The molecule has 0 bridgehead atoms. The van der Waals surface area contributed by atoms with Gasteiger partial charge in [-0.2, -0.15) is 5.26 Å². The van der Waals surface area contributed by atoms with E-state index in [9.17, 15) is 8.78 Å². The summed E-state index contributed by atoms with van der Waals surface area (Å²) >= 11 is 8.41. The lowest BCUT2D eigenvalue weighted by Crippen LogP contribution is -2.01. The first kappa shape index (κ1) is 11.3. The van der Waals surface area contributed by atoms with Gasteiger partial charge in [-0.3, -0.25) is 4.98 Å². The SMILES string of the molecule is N#Cc1c(Br)cnc(CCl)c1C(F)F. The molecular weight excluding hydrogens is 277 g/mol. The molecule has 0 saturated carbocycles. The first-order chi connectivity index (χ1) is 6.61. The van der Waals surface area contributed by atoms with E-state index in [0.29, 0.717) is 0 Å². The number of pyridine rings is 1. The van der Waals surface area contributed by atoms with Crippen LogP contribution in [0.4, 0.5) is 8.78 Å². The van der Waals surface area contributed by atoms with Crippen molar-refractivity contribution >= 4 is 27.5 Å². The Kier molecular flexibility index (Phi) is 3.78. The number of halogens is 4. The summed E-state index contributed by atoms with van der Waals surface area (Å²) in [5.41, 5.74) is -0.455. The smallest absolute Gasteiger partial charge is 0.258 e. The zero-order chi connectivity index (χ0) is 10.7. The number of hydrogen-bond donors (Lipinski definition) is 0. The number of nitrogens with zero attached hydrogens (tertiary/aromatic N) is 2. The minimum Gasteiger partial charge on any atom is -0.258 e. The van der Waals surface area contributed by atoms with Crippen LogP contribution in [0.25, 0.3) is 0 Å². The summed E-state index contributed by atoms with van der Waals surface area (Å²) in [7, 11) is 0. The van der Waals surface area contributed by atoms with Crippen LogP contribution in [0.3, 0.4) is 0 Å². The van der Waals surface area contributed by atoms with Crippen molar-refractivity contribution in [1.29, 1.82) is 5.26 Å². The number of rotatable bonds is 2. The van der Waals surface area contributed by atoms with Crippen LogP contribution < -0.4 is 0 Å². The molecule has 0 unspecified atom stereocenters. The number of alkyl halides is 3. The summed E-state index contributed by atoms with van der Waals surface area (Å²) in [5.74, 6) is -0.137. The fourth-order valence-electron chi connectivity index (χ4n) is 0.997. The van der Waals surface area contributed by atoms with Gasteiger partial charge in [0.2, 0.25) is 0 Å². The van der Waals surface area contributed by atoms with Crippen molar-refractivity contribution < 1.29 is 8.78 Å². The van der Waals surface area contributed by atoms with Crippen molar-refractivity contribution in [3.63, 3.8) is 0 Å². The number of aromatic nitrogens is 1. The van der Waals surface area contributed by atoms with Crippen LogP contribution in [0.1, 0.15) is 23.2 Å². The second-order valence-electron chi connectivity index (χ2n) is 2.39. The van der Waals surface area contributed by atoms with Crippen LogP contribution in [-0.2, 0) is 5.88 Å².